The number of anilines is 1. The highest BCUT2D eigenvalue weighted by Gasteiger charge is 2.18. The van der Waals surface area contributed by atoms with Gasteiger partial charge in [-0.3, -0.25) is 14.4 Å². The Balaban J connectivity index is 1.76. The van der Waals surface area contributed by atoms with Crippen LogP contribution in [0, 0.1) is 0 Å². The van der Waals surface area contributed by atoms with E-state index in [-0.39, 0.29) is 29.2 Å². The van der Waals surface area contributed by atoms with Crippen LogP contribution in [0.15, 0.2) is 77.7 Å². The fourth-order valence-electron chi connectivity index (χ4n) is 3.89. The number of carbonyl (C=O) groups excluding carboxylic acids is 2. The minimum atomic E-state index is -0.358. The van der Waals surface area contributed by atoms with Crippen molar-refractivity contribution in [2.75, 3.05) is 5.32 Å². The van der Waals surface area contributed by atoms with E-state index in [4.69, 9.17) is 11.6 Å². The average Bonchev–Trinajstić information content (AvgIpc) is 2.86. The molecule has 0 radical (unpaired) electrons. The molecule has 0 saturated carbocycles. The average molecular weight is 473 g/mol. The number of halogens is 1. The zero-order valence-electron chi connectivity index (χ0n) is 19.1. The van der Waals surface area contributed by atoms with Gasteiger partial charge in [-0.15, -0.1) is 0 Å². The minimum Gasteiger partial charge on any atom is -0.337 e. The molecule has 0 bridgehead atoms. The molecule has 34 heavy (non-hydrogen) atoms. The lowest BCUT2D eigenvalue weighted by Crippen LogP contribution is -2.24. The number of fused-ring (bicyclic) bond motifs is 1. The summed E-state index contributed by atoms with van der Waals surface area (Å²) in [7, 11) is 0. The van der Waals surface area contributed by atoms with Crippen LogP contribution in [-0.2, 0) is 24.2 Å². The number of carbonyl (C=O) groups is 2. The van der Waals surface area contributed by atoms with Crippen molar-refractivity contribution in [1.82, 2.24) is 4.57 Å². The molecule has 4 aromatic rings. The van der Waals surface area contributed by atoms with Gasteiger partial charge in [0.2, 0.25) is 11.3 Å². The van der Waals surface area contributed by atoms with Gasteiger partial charge in [-0.2, -0.15) is 0 Å². The molecule has 6 heteroatoms. The molecule has 4 rings (SSSR count). The first-order chi connectivity index (χ1) is 16.4. The van der Waals surface area contributed by atoms with Gasteiger partial charge in [-0.05, 0) is 60.4 Å². The van der Waals surface area contributed by atoms with Crippen LogP contribution in [-0.4, -0.2) is 16.3 Å². The molecule has 1 heterocycles. The zero-order chi connectivity index (χ0) is 24.2. The Morgan fingerprint density at radius 1 is 0.882 bits per heavy atom. The van der Waals surface area contributed by atoms with Crippen molar-refractivity contribution < 1.29 is 9.59 Å². The molecule has 0 saturated heterocycles. The van der Waals surface area contributed by atoms with Crippen LogP contribution in [0.2, 0.25) is 5.02 Å². The summed E-state index contributed by atoms with van der Waals surface area (Å²) in [5.41, 5.74) is 3.47. The van der Waals surface area contributed by atoms with Crippen molar-refractivity contribution in [2.24, 2.45) is 0 Å². The molecule has 172 valence electrons. The largest absolute Gasteiger partial charge is 0.337 e. The van der Waals surface area contributed by atoms with E-state index in [9.17, 15) is 14.4 Å². The second-order valence-corrected chi connectivity index (χ2v) is 8.58. The molecule has 1 amide bonds. The Bertz CT molecular complexity index is 1420. The van der Waals surface area contributed by atoms with E-state index in [0.717, 1.165) is 24.0 Å². The number of nitrogens with one attached hydrogen (secondary N) is 1. The summed E-state index contributed by atoms with van der Waals surface area (Å²) in [6, 6.07) is 19.6. The lowest BCUT2D eigenvalue weighted by Gasteiger charge is -2.14. The SMILES string of the molecule is CCc1ccc(C(=O)c2cn(CC(=O)Nc3ccc(Cl)cc3)c3ccc(CC)cc3c2=O)cc1. The van der Waals surface area contributed by atoms with Crippen LogP contribution in [0.3, 0.4) is 0 Å². The number of benzene rings is 3. The molecular formula is C28H25ClN2O3. The molecule has 0 atom stereocenters. The van der Waals surface area contributed by atoms with E-state index in [1.165, 1.54) is 6.20 Å². The molecule has 5 nitrogen and oxygen atoms in total. The first-order valence-electron chi connectivity index (χ1n) is 11.2. The third kappa shape index (κ3) is 4.95. The van der Waals surface area contributed by atoms with Crippen LogP contribution >= 0.6 is 11.6 Å². The fraction of sp³-hybridized carbons (Fsp3) is 0.179. The maximum Gasteiger partial charge on any atom is 0.244 e. The van der Waals surface area contributed by atoms with Crippen molar-refractivity contribution in [1.29, 1.82) is 0 Å². The Kier molecular flexibility index (Phi) is 6.94. The van der Waals surface area contributed by atoms with Gasteiger partial charge >= 0.3 is 0 Å². The van der Waals surface area contributed by atoms with Gasteiger partial charge in [0.05, 0.1) is 11.1 Å². The van der Waals surface area contributed by atoms with E-state index in [2.05, 4.69) is 5.32 Å². The standard InChI is InChI=1S/C28H25ClN2O3/c1-3-18-5-8-20(9-6-18)27(33)24-16-31(17-26(32)30-22-12-10-21(29)11-13-22)25-14-7-19(4-2)15-23(25)28(24)34/h5-16H,3-4,17H2,1-2H3,(H,30,32). The Morgan fingerprint density at radius 3 is 2.18 bits per heavy atom. The Hall–Kier alpha value is -3.70. The maximum atomic E-state index is 13.3. The summed E-state index contributed by atoms with van der Waals surface area (Å²) in [6.45, 7) is 3.99. The predicted molar refractivity (Wildman–Crippen MR) is 137 cm³/mol. The summed E-state index contributed by atoms with van der Waals surface area (Å²) in [5.74, 6) is -0.638. The molecule has 0 spiro atoms. The van der Waals surface area contributed by atoms with Gasteiger partial charge in [0, 0.05) is 27.9 Å². The quantitative estimate of drug-likeness (QED) is 0.353. The van der Waals surface area contributed by atoms with E-state index < -0.39 is 0 Å². The number of hydrogen-bond donors (Lipinski definition) is 1. The summed E-state index contributed by atoms with van der Waals surface area (Å²) < 4.78 is 1.66. The number of ketones is 1. The summed E-state index contributed by atoms with van der Waals surface area (Å²) >= 11 is 5.92. The monoisotopic (exact) mass is 472 g/mol. The molecule has 0 fully saturated rings. The molecule has 0 aliphatic heterocycles. The molecule has 0 unspecified atom stereocenters. The van der Waals surface area contributed by atoms with Gasteiger partial charge in [-0.1, -0.05) is 55.8 Å². The number of hydrogen-bond acceptors (Lipinski definition) is 3. The van der Waals surface area contributed by atoms with Gasteiger partial charge in [0.15, 0.2) is 5.78 Å². The molecule has 1 aromatic heterocycles. The van der Waals surface area contributed by atoms with Crippen LogP contribution in [0.5, 0.6) is 0 Å². The highest BCUT2D eigenvalue weighted by molar-refractivity contribution is 6.30. The topological polar surface area (TPSA) is 68.2 Å². The number of aryl methyl sites for hydroxylation is 2. The summed E-state index contributed by atoms with van der Waals surface area (Å²) in [4.78, 5) is 39.5. The normalized spacial score (nSPS) is 10.9. The van der Waals surface area contributed by atoms with E-state index in [0.29, 0.717) is 27.2 Å². The maximum absolute atomic E-state index is 13.3. The van der Waals surface area contributed by atoms with Crippen LogP contribution < -0.4 is 10.7 Å². The second kappa shape index (κ2) is 10.1. The smallest absolute Gasteiger partial charge is 0.244 e. The third-order valence-corrected chi connectivity index (χ3v) is 6.12. The van der Waals surface area contributed by atoms with Crippen molar-refractivity contribution >= 4 is 39.9 Å². The van der Waals surface area contributed by atoms with Gasteiger partial charge in [0.1, 0.15) is 6.54 Å². The second-order valence-electron chi connectivity index (χ2n) is 8.14. The predicted octanol–water partition coefficient (Wildman–Crippen LogP) is 5.65. The van der Waals surface area contributed by atoms with Crippen molar-refractivity contribution in [2.45, 2.75) is 33.2 Å². The molecule has 1 N–H and O–H groups in total. The molecule has 3 aromatic carbocycles. The highest BCUT2D eigenvalue weighted by Crippen LogP contribution is 2.18. The van der Waals surface area contributed by atoms with Gasteiger partial charge in [-0.25, -0.2) is 0 Å². The number of pyridine rings is 1. The number of amides is 1. The molecule has 0 aliphatic rings. The molecule has 0 aliphatic carbocycles. The fourth-order valence-corrected chi connectivity index (χ4v) is 4.02. The number of nitrogens with zero attached hydrogens (tertiary/aromatic N) is 1. The lowest BCUT2D eigenvalue weighted by atomic mass is 9.99. The van der Waals surface area contributed by atoms with E-state index in [1.807, 2.05) is 44.2 Å². The Morgan fingerprint density at radius 2 is 1.53 bits per heavy atom. The first-order valence-corrected chi connectivity index (χ1v) is 11.6. The van der Waals surface area contributed by atoms with Crippen LogP contribution in [0.4, 0.5) is 5.69 Å². The van der Waals surface area contributed by atoms with Crippen LogP contribution in [0.1, 0.15) is 40.9 Å². The minimum absolute atomic E-state index is 0.0456. The Labute approximate surface area is 203 Å². The first kappa shape index (κ1) is 23.5. The van der Waals surface area contributed by atoms with E-state index in [1.54, 1.807) is 41.0 Å². The van der Waals surface area contributed by atoms with Gasteiger partial charge in [0.25, 0.3) is 0 Å². The van der Waals surface area contributed by atoms with Crippen LogP contribution in [0.25, 0.3) is 10.9 Å². The van der Waals surface area contributed by atoms with E-state index >= 15 is 0 Å². The zero-order valence-corrected chi connectivity index (χ0v) is 19.9. The highest BCUT2D eigenvalue weighted by atomic mass is 35.5. The number of rotatable bonds is 7. The van der Waals surface area contributed by atoms with Gasteiger partial charge < -0.3 is 9.88 Å². The number of aromatic nitrogens is 1. The summed E-state index contributed by atoms with van der Waals surface area (Å²) in [6.07, 6.45) is 3.11. The summed E-state index contributed by atoms with van der Waals surface area (Å²) in [5, 5.41) is 3.83. The lowest BCUT2D eigenvalue weighted by molar-refractivity contribution is -0.116. The third-order valence-electron chi connectivity index (χ3n) is 5.86. The van der Waals surface area contributed by atoms with Crippen molar-refractivity contribution in [3.8, 4) is 0 Å². The van der Waals surface area contributed by atoms with Crippen molar-refractivity contribution in [3.63, 3.8) is 0 Å². The molecular weight excluding hydrogens is 448 g/mol. The van der Waals surface area contributed by atoms with Crippen molar-refractivity contribution in [3.05, 3.63) is 110 Å².